The minimum absolute atomic E-state index is 0.159. The Balaban J connectivity index is 2.13. The molecule has 0 radical (unpaired) electrons. The number of hydrogen-bond acceptors (Lipinski definition) is 4. The minimum atomic E-state index is -0.715. The van der Waals surface area contributed by atoms with Gasteiger partial charge in [-0.15, -0.1) is 0 Å². The van der Waals surface area contributed by atoms with Crippen molar-refractivity contribution in [3.05, 3.63) is 18.1 Å². The molecule has 1 aromatic rings. The molecule has 5 heteroatoms. The van der Waals surface area contributed by atoms with Crippen molar-refractivity contribution in [2.45, 2.75) is 26.7 Å². The normalized spacial score (nSPS) is 23.3. The third-order valence-corrected chi connectivity index (χ3v) is 3.47. The molecule has 0 aliphatic carbocycles. The maximum Gasteiger partial charge on any atom is 0.308 e. The molecule has 1 aliphatic heterocycles. The summed E-state index contributed by atoms with van der Waals surface area (Å²) >= 11 is 0. The lowest BCUT2D eigenvalue weighted by molar-refractivity contribution is -0.142. The number of carboxylic acids is 1. The molecule has 2 rings (SSSR count). The first-order chi connectivity index (χ1) is 8.61. The molecule has 0 bridgehead atoms. The van der Waals surface area contributed by atoms with Gasteiger partial charge in [-0.25, -0.2) is 9.97 Å². The fraction of sp³-hybridized carbons (Fsp3) is 0.615. The summed E-state index contributed by atoms with van der Waals surface area (Å²) in [7, 11) is 0. The van der Waals surface area contributed by atoms with Crippen LogP contribution in [0.1, 0.15) is 26.0 Å². The van der Waals surface area contributed by atoms with E-state index in [0.717, 1.165) is 30.9 Å². The van der Waals surface area contributed by atoms with Crippen LogP contribution in [0.25, 0.3) is 0 Å². The SMILES string of the molecule is CCCc1cc(N2C[C@@H](C)[C@H](C(=O)O)C2)ncn1. The third-order valence-electron chi connectivity index (χ3n) is 3.47. The summed E-state index contributed by atoms with van der Waals surface area (Å²) < 4.78 is 0. The van der Waals surface area contributed by atoms with E-state index in [1.165, 1.54) is 0 Å². The molecule has 2 heterocycles. The zero-order chi connectivity index (χ0) is 13.1. The fourth-order valence-electron chi connectivity index (χ4n) is 2.43. The average molecular weight is 249 g/mol. The van der Waals surface area contributed by atoms with Crippen molar-refractivity contribution in [3.63, 3.8) is 0 Å². The Hall–Kier alpha value is -1.65. The summed E-state index contributed by atoms with van der Waals surface area (Å²) in [5.74, 6) is -0.00133. The van der Waals surface area contributed by atoms with Gasteiger partial charge in [0, 0.05) is 24.8 Å². The topological polar surface area (TPSA) is 66.3 Å². The molecule has 0 spiro atoms. The van der Waals surface area contributed by atoms with Gasteiger partial charge in [-0.05, 0) is 12.3 Å². The van der Waals surface area contributed by atoms with Crippen LogP contribution in [-0.4, -0.2) is 34.1 Å². The van der Waals surface area contributed by atoms with Crippen LogP contribution in [0.2, 0.25) is 0 Å². The van der Waals surface area contributed by atoms with E-state index in [2.05, 4.69) is 16.9 Å². The van der Waals surface area contributed by atoms with Crippen molar-refractivity contribution in [1.29, 1.82) is 0 Å². The molecule has 0 saturated carbocycles. The first-order valence-electron chi connectivity index (χ1n) is 6.40. The van der Waals surface area contributed by atoms with Crippen LogP contribution in [0.3, 0.4) is 0 Å². The van der Waals surface area contributed by atoms with E-state index < -0.39 is 5.97 Å². The largest absolute Gasteiger partial charge is 0.481 e. The summed E-state index contributed by atoms with van der Waals surface area (Å²) in [6, 6.07) is 1.97. The van der Waals surface area contributed by atoms with Gasteiger partial charge < -0.3 is 10.0 Å². The Morgan fingerprint density at radius 2 is 2.28 bits per heavy atom. The van der Waals surface area contributed by atoms with Crippen LogP contribution in [0.5, 0.6) is 0 Å². The van der Waals surface area contributed by atoms with Crippen LogP contribution in [0.4, 0.5) is 5.82 Å². The van der Waals surface area contributed by atoms with Crippen molar-refractivity contribution in [2.24, 2.45) is 11.8 Å². The third kappa shape index (κ3) is 2.60. The van der Waals surface area contributed by atoms with Gasteiger partial charge in [-0.1, -0.05) is 20.3 Å². The lowest BCUT2D eigenvalue weighted by atomic mass is 9.99. The standard InChI is InChI=1S/C13H19N3O2/c1-3-4-10-5-12(15-8-14-10)16-6-9(2)11(7-16)13(17)18/h5,8-9,11H,3-4,6-7H2,1-2H3,(H,17,18)/t9-,11-/m1/s1. The van der Waals surface area contributed by atoms with Crippen molar-refractivity contribution in [1.82, 2.24) is 9.97 Å². The number of aliphatic carboxylic acids is 1. The number of aromatic nitrogens is 2. The monoisotopic (exact) mass is 249 g/mol. The van der Waals surface area contributed by atoms with Crippen LogP contribution in [0, 0.1) is 11.8 Å². The van der Waals surface area contributed by atoms with Gasteiger partial charge in [0.25, 0.3) is 0 Å². The zero-order valence-corrected chi connectivity index (χ0v) is 10.8. The molecule has 0 unspecified atom stereocenters. The van der Waals surface area contributed by atoms with E-state index in [1.807, 2.05) is 17.9 Å². The maximum absolute atomic E-state index is 11.1. The quantitative estimate of drug-likeness (QED) is 0.877. The van der Waals surface area contributed by atoms with E-state index in [0.29, 0.717) is 6.54 Å². The summed E-state index contributed by atoms with van der Waals surface area (Å²) in [5, 5.41) is 9.13. The van der Waals surface area contributed by atoms with Crippen LogP contribution < -0.4 is 4.90 Å². The minimum Gasteiger partial charge on any atom is -0.481 e. The molecule has 1 aromatic heterocycles. The first-order valence-corrected chi connectivity index (χ1v) is 6.40. The van der Waals surface area contributed by atoms with E-state index in [4.69, 9.17) is 5.11 Å². The highest BCUT2D eigenvalue weighted by Crippen LogP contribution is 2.27. The van der Waals surface area contributed by atoms with Crippen LogP contribution in [0.15, 0.2) is 12.4 Å². The molecule has 5 nitrogen and oxygen atoms in total. The van der Waals surface area contributed by atoms with E-state index in [1.54, 1.807) is 6.33 Å². The van der Waals surface area contributed by atoms with Gasteiger partial charge in [-0.2, -0.15) is 0 Å². The van der Waals surface area contributed by atoms with E-state index >= 15 is 0 Å². The van der Waals surface area contributed by atoms with Gasteiger partial charge in [-0.3, -0.25) is 4.79 Å². The Labute approximate surface area is 107 Å². The zero-order valence-electron chi connectivity index (χ0n) is 10.8. The van der Waals surface area contributed by atoms with Gasteiger partial charge in [0.1, 0.15) is 12.1 Å². The Bertz CT molecular complexity index is 436. The maximum atomic E-state index is 11.1. The van der Waals surface area contributed by atoms with Gasteiger partial charge in [0.05, 0.1) is 5.92 Å². The fourth-order valence-corrected chi connectivity index (χ4v) is 2.43. The van der Waals surface area contributed by atoms with Crippen molar-refractivity contribution in [3.8, 4) is 0 Å². The van der Waals surface area contributed by atoms with Gasteiger partial charge in [0.2, 0.25) is 0 Å². The molecule has 1 saturated heterocycles. The lowest BCUT2D eigenvalue weighted by Gasteiger charge is -2.17. The van der Waals surface area contributed by atoms with Crippen molar-refractivity contribution in [2.75, 3.05) is 18.0 Å². The molecular formula is C13H19N3O2. The molecule has 0 amide bonds. The number of carboxylic acid groups (broad SMARTS) is 1. The second kappa shape index (κ2) is 5.33. The average Bonchev–Trinajstić information content (AvgIpc) is 2.72. The number of rotatable bonds is 4. The number of nitrogens with zero attached hydrogens (tertiary/aromatic N) is 3. The van der Waals surface area contributed by atoms with E-state index in [-0.39, 0.29) is 11.8 Å². The highest BCUT2D eigenvalue weighted by molar-refractivity contribution is 5.72. The second-order valence-corrected chi connectivity index (χ2v) is 4.94. The number of hydrogen-bond donors (Lipinski definition) is 1. The van der Waals surface area contributed by atoms with Gasteiger partial charge in [0.15, 0.2) is 0 Å². The molecule has 0 aromatic carbocycles. The molecule has 1 N–H and O–H groups in total. The number of anilines is 1. The molecule has 1 fully saturated rings. The Morgan fingerprint density at radius 3 is 2.89 bits per heavy atom. The predicted molar refractivity (Wildman–Crippen MR) is 68.5 cm³/mol. The van der Waals surface area contributed by atoms with Crippen molar-refractivity contribution >= 4 is 11.8 Å². The molecule has 18 heavy (non-hydrogen) atoms. The molecule has 2 atom stereocenters. The molecular weight excluding hydrogens is 230 g/mol. The van der Waals surface area contributed by atoms with Crippen molar-refractivity contribution < 1.29 is 9.90 Å². The number of aryl methyl sites for hydroxylation is 1. The van der Waals surface area contributed by atoms with Crippen LogP contribution in [-0.2, 0) is 11.2 Å². The highest BCUT2D eigenvalue weighted by Gasteiger charge is 2.35. The Kier molecular flexibility index (Phi) is 3.79. The first kappa shape index (κ1) is 12.8. The second-order valence-electron chi connectivity index (χ2n) is 4.94. The summed E-state index contributed by atoms with van der Waals surface area (Å²) in [4.78, 5) is 21.6. The summed E-state index contributed by atoms with van der Waals surface area (Å²) in [5.41, 5.74) is 1.02. The molecule has 98 valence electrons. The molecule has 1 aliphatic rings. The lowest BCUT2D eigenvalue weighted by Crippen LogP contribution is -2.23. The van der Waals surface area contributed by atoms with Crippen LogP contribution >= 0.6 is 0 Å². The smallest absolute Gasteiger partial charge is 0.308 e. The highest BCUT2D eigenvalue weighted by atomic mass is 16.4. The summed E-state index contributed by atoms with van der Waals surface area (Å²) in [6.45, 7) is 5.38. The Morgan fingerprint density at radius 1 is 1.50 bits per heavy atom. The summed E-state index contributed by atoms with van der Waals surface area (Å²) in [6.07, 6.45) is 3.55. The van der Waals surface area contributed by atoms with E-state index in [9.17, 15) is 4.79 Å². The number of carbonyl (C=O) groups is 1. The predicted octanol–water partition coefficient (Wildman–Crippen LogP) is 1.59. The van der Waals surface area contributed by atoms with Gasteiger partial charge >= 0.3 is 5.97 Å².